The van der Waals surface area contributed by atoms with Gasteiger partial charge in [-0.05, 0) is 51.0 Å². The molecular formula is C15H22N2O2. The van der Waals surface area contributed by atoms with E-state index in [1.807, 2.05) is 46.0 Å². The second kappa shape index (κ2) is 5.51. The van der Waals surface area contributed by atoms with Crippen LogP contribution in [-0.2, 0) is 4.79 Å². The van der Waals surface area contributed by atoms with Crippen molar-refractivity contribution in [2.24, 2.45) is 0 Å². The molecule has 1 heterocycles. The largest absolute Gasteiger partial charge is 0.491 e. The van der Waals surface area contributed by atoms with Gasteiger partial charge in [-0.25, -0.2) is 0 Å². The Labute approximate surface area is 114 Å². The first-order chi connectivity index (χ1) is 8.97. The van der Waals surface area contributed by atoms with E-state index >= 15 is 0 Å². The normalized spacial score (nSPS) is 19.1. The highest BCUT2D eigenvalue weighted by Crippen LogP contribution is 2.24. The van der Waals surface area contributed by atoms with E-state index in [0.29, 0.717) is 0 Å². The lowest BCUT2D eigenvalue weighted by molar-refractivity contribution is -0.127. The molecule has 1 fully saturated rings. The first kappa shape index (κ1) is 13.7. The monoisotopic (exact) mass is 262 g/mol. The van der Waals surface area contributed by atoms with Gasteiger partial charge in [0.15, 0.2) is 0 Å². The Bertz CT molecular complexity index is 471. The van der Waals surface area contributed by atoms with E-state index in [0.717, 1.165) is 30.0 Å². The highest BCUT2D eigenvalue weighted by molar-refractivity contribution is 5.86. The van der Waals surface area contributed by atoms with E-state index in [4.69, 9.17) is 4.74 Å². The van der Waals surface area contributed by atoms with Crippen molar-refractivity contribution in [3.8, 4) is 5.75 Å². The van der Waals surface area contributed by atoms with Gasteiger partial charge in [-0.3, -0.25) is 4.79 Å². The molecule has 1 N–H and O–H groups in total. The lowest BCUT2D eigenvalue weighted by atomic mass is 10.1. The summed E-state index contributed by atoms with van der Waals surface area (Å²) < 4.78 is 5.71. The minimum absolute atomic E-state index is 0.0960. The SMILES string of the molecule is Cc1cc(N[C@@H]2CCN(C)C2=O)ccc1OC(C)C. The van der Waals surface area contributed by atoms with E-state index < -0.39 is 0 Å². The summed E-state index contributed by atoms with van der Waals surface area (Å²) in [5.41, 5.74) is 2.06. The number of aryl methyl sites for hydroxylation is 1. The number of nitrogens with zero attached hydrogens (tertiary/aromatic N) is 1. The number of anilines is 1. The van der Waals surface area contributed by atoms with Gasteiger partial charge in [-0.15, -0.1) is 0 Å². The zero-order valence-electron chi connectivity index (χ0n) is 12.1. The highest BCUT2D eigenvalue weighted by atomic mass is 16.5. The fourth-order valence-corrected chi connectivity index (χ4v) is 2.28. The third-order valence-corrected chi connectivity index (χ3v) is 3.31. The van der Waals surface area contributed by atoms with Crippen LogP contribution < -0.4 is 10.1 Å². The molecule has 2 rings (SSSR count). The minimum Gasteiger partial charge on any atom is -0.491 e. The third kappa shape index (κ3) is 3.19. The summed E-state index contributed by atoms with van der Waals surface area (Å²) in [5.74, 6) is 1.07. The Hall–Kier alpha value is -1.71. The van der Waals surface area contributed by atoms with Crippen molar-refractivity contribution in [1.82, 2.24) is 4.90 Å². The number of rotatable bonds is 4. The summed E-state index contributed by atoms with van der Waals surface area (Å²) in [7, 11) is 1.84. The Balaban J connectivity index is 2.06. The van der Waals surface area contributed by atoms with E-state index in [1.54, 1.807) is 4.90 Å². The van der Waals surface area contributed by atoms with Crippen LogP contribution >= 0.6 is 0 Å². The highest BCUT2D eigenvalue weighted by Gasteiger charge is 2.28. The second-order valence-electron chi connectivity index (χ2n) is 5.39. The van der Waals surface area contributed by atoms with Crippen molar-refractivity contribution in [3.63, 3.8) is 0 Å². The molecule has 0 unspecified atom stereocenters. The van der Waals surface area contributed by atoms with Gasteiger partial charge in [-0.1, -0.05) is 0 Å². The Morgan fingerprint density at radius 1 is 1.42 bits per heavy atom. The average molecular weight is 262 g/mol. The predicted octanol–water partition coefficient (Wildman–Crippen LogP) is 2.42. The summed E-state index contributed by atoms with van der Waals surface area (Å²) >= 11 is 0. The number of carbonyl (C=O) groups excluding carboxylic acids is 1. The van der Waals surface area contributed by atoms with Gasteiger partial charge < -0.3 is 15.0 Å². The fourth-order valence-electron chi connectivity index (χ4n) is 2.28. The predicted molar refractivity (Wildman–Crippen MR) is 76.6 cm³/mol. The van der Waals surface area contributed by atoms with Crippen molar-refractivity contribution >= 4 is 11.6 Å². The molecule has 1 aromatic rings. The molecule has 4 nitrogen and oxygen atoms in total. The van der Waals surface area contributed by atoms with Crippen LogP contribution in [0.15, 0.2) is 18.2 Å². The van der Waals surface area contributed by atoms with E-state index in [9.17, 15) is 4.79 Å². The lowest BCUT2D eigenvalue weighted by Crippen LogP contribution is -2.30. The van der Waals surface area contributed by atoms with Gasteiger partial charge in [-0.2, -0.15) is 0 Å². The number of ether oxygens (including phenoxy) is 1. The number of carbonyl (C=O) groups is 1. The van der Waals surface area contributed by atoms with Crippen LogP contribution in [0.3, 0.4) is 0 Å². The molecule has 104 valence electrons. The van der Waals surface area contributed by atoms with Crippen LogP contribution in [0.5, 0.6) is 5.75 Å². The Morgan fingerprint density at radius 2 is 2.16 bits per heavy atom. The molecular weight excluding hydrogens is 240 g/mol. The Kier molecular flexibility index (Phi) is 3.98. The minimum atomic E-state index is -0.0960. The van der Waals surface area contributed by atoms with Crippen LogP contribution in [0.4, 0.5) is 5.69 Å². The van der Waals surface area contributed by atoms with Gasteiger partial charge >= 0.3 is 0 Å². The molecule has 0 aliphatic carbocycles. The first-order valence-corrected chi connectivity index (χ1v) is 6.76. The van der Waals surface area contributed by atoms with Gasteiger partial charge in [0.2, 0.25) is 5.91 Å². The summed E-state index contributed by atoms with van der Waals surface area (Å²) in [6.45, 7) is 6.87. The summed E-state index contributed by atoms with van der Waals surface area (Å²) in [5, 5.41) is 3.30. The number of hydrogen-bond donors (Lipinski definition) is 1. The molecule has 1 atom stereocenters. The molecule has 0 bridgehead atoms. The zero-order valence-corrected chi connectivity index (χ0v) is 12.1. The second-order valence-corrected chi connectivity index (χ2v) is 5.39. The third-order valence-electron chi connectivity index (χ3n) is 3.31. The molecule has 1 aliphatic heterocycles. The van der Waals surface area contributed by atoms with Crippen LogP contribution in [-0.4, -0.2) is 36.5 Å². The van der Waals surface area contributed by atoms with Crippen LogP contribution in [0.1, 0.15) is 25.8 Å². The molecule has 0 saturated carbocycles. The van der Waals surface area contributed by atoms with Crippen LogP contribution in [0.2, 0.25) is 0 Å². The van der Waals surface area contributed by atoms with E-state index in [-0.39, 0.29) is 18.1 Å². The molecule has 0 aromatic heterocycles. The maximum atomic E-state index is 11.8. The molecule has 19 heavy (non-hydrogen) atoms. The number of benzene rings is 1. The molecule has 1 amide bonds. The molecule has 4 heteroatoms. The number of likely N-dealkylation sites (tertiary alicyclic amines) is 1. The van der Waals surface area contributed by atoms with Crippen molar-refractivity contribution < 1.29 is 9.53 Å². The summed E-state index contributed by atoms with van der Waals surface area (Å²) in [6, 6.07) is 5.86. The lowest BCUT2D eigenvalue weighted by Gasteiger charge is -2.16. The number of nitrogens with one attached hydrogen (secondary N) is 1. The maximum absolute atomic E-state index is 11.8. The van der Waals surface area contributed by atoms with Crippen molar-refractivity contribution in [2.45, 2.75) is 39.3 Å². The topological polar surface area (TPSA) is 41.6 Å². The van der Waals surface area contributed by atoms with Crippen LogP contribution in [0.25, 0.3) is 0 Å². The van der Waals surface area contributed by atoms with Gasteiger partial charge in [0.05, 0.1) is 6.10 Å². The van der Waals surface area contributed by atoms with Gasteiger partial charge in [0, 0.05) is 19.3 Å². The van der Waals surface area contributed by atoms with Gasteiger partial charge in [0.25, 0.3) is 0 Å². The van der Waals surface area contributed by atoms with Crippen molar-refractivity contribution in [2.75, 3.05) is 18.9 Å². The molecule has 1 aliphatic rings. The Morgan fingerprint density at radius 3 is 2.68 bits per heavy atom. The standard InChI is InChI=1S/C15H22N2O2/c1-10(2)19-14-6-5-12(9-11(14)3)16-13-7-8-17(4)15(13)18/h5-6,9-10,13,16H,7-8H2,1-4H3/t13-/m1/s1. The molecule has 0 spiro atoms. The summed E-state index contributed by atoms with van der Waals surface area (Å²) in [6.07, 6.45) is 1.03. The summed E-state index contributed by atoms with van der Waals surface area (Å²) in [4.78, 5) is 13.6. The number of amides is 1. The zero-order chi connectivity index (χ0) is 14.0. The number of hydrogen-bond acceptors (Lipinski definition) is 3. The van der Waals surface area contributed by atoms with Crippen molar-refractivity contribution in [3.05, 3.63) is 23.8 Å². The quantitative estimate of drug-likeness (QED) is 0.906. The first-order valence-electron chi connectivity index (χ1n) is 6.76. The molecule has 1 saturated heterocycles. The fraction of sp³-hybridized carbons (Fsp3) is 0.533. The number of likely N-dealkylation sites (N-methyl/N-ethyl adjacent to an activating group) is 1. The van der Waals surface area contributed by atoms with Crippen LogP contribution in [0, 0.1) is 6.92 Å². The van der Waals surface area contributed by atoms with E-state index in [1.165, 1.54) is 0 Å². The van der Waals surface area contributed by atoms with E-state index in [2.05, 4.69) is 5.32 Å². The smallest absolute Gasteiger partial charge is 0.244 e. The average Bonchev–Trinajstić information content (AvgIpc) is 2.64. The molecule has 0 radical (unpaired) electrons. The molecule has 1 aromatic carbocycles. The van der Waals surface area contributed by atoms with Crippen molar-refractivity contribution in [1.29, 1.82) is 0 Å². The maximum Gasteiger partial charge on any atom is 0.244 e. The van der Waals surface area contributed by atoms with Gasteiger partial charge in [0.1, 0.15) is 11.8 Å².